The van der Waals surface area contributed by atoms with Crippen LogP contribution in [0.15, 0.2) is 40.9 Å². The minimum atomic E-state index is -0.334. The van der Waals surface area contributed by atoms with Gasteiger partial charge in [0.1, 0.15) is 0 Å². The van der Waals surface area contributed by atoms with Gasteiger partial charge in [-0.15, -0.1) is 10.2 Å². The van der Waals surface area contributed by atoms with Crippen LogP contribution in [-0.2, 0) is 0 Å². The molecular formula is C18H15BrClN3O3S. The van der Waals surface area contributed by atoms with Gasteiger partial charge in [0.05, 0.1) is 23.2 Å². The second kappa shape index (κ2) is 8.69. The Labute approximate surface area is 173 Å². The molecule has 1 aromatic heterocycles. The number of ether oxygens (including phenoxy) is 2. The van der Waals surface area contributed by atoms with E-state index in [0.29, 0.717) is 43.3 Å². The summed E-state index contributed by atoms with van der Waals surface area (Å²) in [6.45, 7) is 2.36. The van der Waals surface area contributed by atoms with Crippen molar-refractivity contribution >= 4 is 49.9 Å². The number of aromatic nitrogens is 2. The van der Waals surface area contributed by atoms with Gasteiger partial charge in [-0.25, -0.2) is 0 Å². The van der Waals surface area contributed by atoms with Gasteiger partial charge >= 0.3 is 0 Å². The molecule has 0 saturated heterocycles. The number of anilines is 1. The summed E-state index contributed by atoms with van der Waals surface area (Å²) in [5.41, 5.74) is 1.17. The highest BCUT2D eigenvalue weighted by atomic mass is 79.9. The third-order valence-corrected chi connectivity index (χ3v) is 5.32. The van der Waals surface area contributed by atoms with Gasteiger partial charge in [0, 0.05) is 11.1 Å². The largest absolute Gasteiger partial charge is 0.493 e. The van der Waals surface area contributed by atoms with E-state index in [-0.39, 0.29) is 5.91 Å². The van der Waals surface area contributed by atoms with Crippen molar-refractivity contribution in [1.82, 2.24) is 10.2 Å². The summed E-state index contributed by atoms with van der Waals surface area (Å²) in [7, 11) is 1.52. The third kappa shape index (κ3) is 4.40. The SMILES string of the molecule is CCOc1c(Br)cc(C(=O)Nc2nnc(-c3ccccc3Cl)s2)cc1OC. The maximum absolute atomic E-state index is 12.6. The van der Waals surface area contributed by atoms with Crippen LogP contribution in [-0.4, -0.2) is 29.8 Å². The van der Waals surface area contributed by atoms with Crippen LogP contribution in [0.25, 0.3) is 10.6 Å². The van der Waals surface area contributed by atoms with Gasteiger partial charge in [0.2, 0.25) is 5.13 Å². The van der Waals surface area contributed by atoms with E-state index in [0.717, 1.165) is 5.56 Å². The summed E-state index contributed by atoms with van der Waals surface area (Å²) < 4.78 is 11.5. The first-order chi connectivity index (χ1) is 13.0. The number of benzene rings is 2. The molecule has 0 aliphatic carbocycles. The first-order valence-electron chi connectivity index (χ1n) is 7.93. The predicted molar refractivity (Wildman–Crippen MR) is 110 cm³/mol. The molecule has 0 spiro atoms. The van der Waals surface area contributed by atoms with E-state index in [2.05, 4.69) is 31.4 Å². The van der Waals surface area contributed by atoms with Crippen molar-refractivity contribution in [3.63, 3.8) is 0 Å². The van der Waals surface area contributed by atoms with Gasteiger partial charge in [-0.3, -0.25) is 10.1 Å². The monoisotopic (exact) mass is 467 g/mol. The van der Waals surface area contributed by atoms with E-state index < -0.39 is 0 Å². The van der Waals surface area contributed by atoms with Crippen LogP contribution in [0.3, 0.4) is 0 Å². The zero-order chi connectivity index (χ0) is 19.4. The van der Waals surface area contributed by atoms with E-state index in [1.54, 1.807) is 18.2 Å². The molecule has 1 amide bonds. The molecule has 6 nitrogen and oxygen atoms in total. The quantitative estimate of drug-likeness (QED) is 0.533. The lowest BCUT2D eigenvalue weighted by Gasteiger charge is -2.12. The first-order valence-corrected chi connectivity index (χ1v) is 9.92. The summed E-state index contributed by atoms with van der Waals surface area (Å²) in [6.07, 6.45) is 0. The van der Waals surface area contributed by atoms with Crippen molar-refractivity contribution in [2.24, 2.45) is 0 Å². The van der Waals surface area contributed by atoms with Crippen molar-refractivity contribution in [2.75, 3.05) is 19.0 Å². The summed E-state index contributed by atoms with van der Waals surface area (Å²) in [5, 5.41) is 12.4. The fourth-order valence-corrected chi connectivity index (χ4v) is 3.94. The number of hydrogen-bond donors (Lipinski definition) is 1. The molecule has 3 rings (SSSR count). The summed E-state index contributed by atoms with van der Waals surface area (Å²) in [5.74, 6) is 0.678. The number of nitrogens with one attached hydrogen (secondary N) is 1. The van der Waals surface area contributed by atoms with Crippen LogP contribution in [0.2, 0.25) is 5.02 Å². The molecule has 0 fully saturated rings. The molecule has 2 aromatic carbocycles. The molecule has 0 bridgehead atoms. The van der Waals surface area contributed by atoms with Gasteiger partial charge in [0.15, 0.2) is 16.5 Å². The predicted octanol–water partition coefficient (Wildman–Crippen LogP) is 5.28. The Morgan fingerprint density at radius 3 is 2.78 bits per heavy atom. The van der Waals surface area contributed by atoms with Crippen LogP contribution in [0.1, 0.15) is 17.3 Å². The van der Waals surface area contributed by atoms with Crippen LogP contribution < -0.4 is 14.8 Å². The van der Waals surface area contributed by atoms with E-state index in [4.69, 9.17) is 21.1 Å². The molecular weight excluding hydrogens is 454 g/mol. The number of hydrogen-bond acceptors (Lipinski definition) is 6. The number of halogens is 2. The van der Waals surface area contributed by atoms with Gasteiger partial charge < -0.3 is 9.47 Å². The maximum Gasteiger partial charge on any atom is 0.257 e. The van der Waals surface area contributed by atoms with Crippen LogP contribution in [0, 0.1) is 0 Å². The number of methoxy groups -OCH3 is 1. The molecule has 3 aromatic rings. The number of carbonyl (C=O) groups is 1. The molecule has 0 aliphatic rings. The second-order valence-corrected chi connectivity index (χ2v) is 7.51. The second-order valence-electron chi connectivity index (χ2n) is 5.27. The normalized spacial score (nSPS) is 10.5. The van der Waals surface area contributed by atoms with Gasteiger partial charge in [-0.05, 0) is 41.1 Å². The van der Waals surface area contributed by atoms with Crippen molar-refractivity contribution in [1.29, 1.82) is 0 Å². The molecule has 9 heteroatoms. The molecule has 27 heavy (non-hydrogen) atoms. The standard InChI is InChI=1S/C18H15BrClN3O3S/c1-3-26-15-12(19)8-10(9-14(15)25-2)16(24)21-18-23-22-17(27-18)11-6-4-5-7-13(11)20/h4-9H,3H2,1-2H3,(H,21,23,24). The smallest absolute Gasteiger partial charge is 0.257 e. The number of nitrogens with zero attached hydrogens (tertiary/aromatic N) is 2. The Balaban J connectivity index is 1.82. The molecule has 0 unspecified atom stereocenters. The molecule has 140 valence electrons. The van der Waals surface area contributed by atoms with Crippen LogP contribution in [0.4, 0.5) is 5.13 Å². The van der Waals surface area contributed by atoms with Crippen LogP contribution >= 0.6 is 38.9 Å². The Kier molecular flexibility index (Phi) is 6.30. The zero-order valence-corrected chi connectivity index (χ0v) is 17.6. The van der Waals surface area contributed by atoms with Crippen molar-refractivity contribution in [3.05, 3.63) is 51.5 Å². The van der Waals surface area contributed by atoms with Crippen molar-refractivity contribution < 1.29 is 14.3 Å². The molecule has 1 N–H and O–H groups in total. The highest BCUT2D eigenvalue weighted by Gasteiger charge is 2.17. The zero-order valence-electron chi connectivity index (χ0n) is 14.5. The maximum atomic E-state index is 12.6. The first kappa shape index (κ1) is 19.6. The van der Waals surface area contributed by atoms with Gasteiger partial charge in [-0.1, -0.05) is 41.1 Å². The molecule has 0 saturated carbocycles. The summed E-state index contributed by atoms with van der Waals surface area (Å²) in [4.78, 5) is 12.6. The van der Waals surface area contributed by atoms with E-state index in [1.165, 1.54) is 18.4 Å². The Bertz CT molecular complexity index is 980. The average Bonchev–Trinajstić information content (AvgIpc) is 3.11. The minimum Gasteiger partial charge on any atom is -0.493 e. The molecule has 0 atom stereocenters. The number of carbonyl (C=O) groups excluding carboxylic acids is 1. The fourth-order valence-electron chi connectivity index (χ4n) is 2.32. The van der Waals surface area contributed by atoms with Crippen molar-refractivity contribution in [3.8, 4) is 22.1 Å². The third-order valence-electron chi connectivity index (χ3n) is 3.53. The topological polar surface area (TPSA) is 73.3 Å². The van der Waals surface area contributed by atoms with Crippen LogP contribution in [0.5, 0.6) is 11.5 Å². The van der Waals surface area contributed by atoms with Gasteiger partial charge in [-0.2, -0.15) is 0 Å². The highest BCUT2D eigenvalue weighted by molar-refractivity contribution is 9.10. The lowest BCUT2D eigenvalue weighted by atomic mass is 10.2. The fraction of sp³-hybridized carbons (Fsp3) is 0.167. The summed E-state index contributed by atoms with van der Waals surface area (Å²) >= 11 is 10.8. The molecule has 0 aliphatic heterocycles. The van der Waals surface area contributed by atoms with E-state index >= 15 is 0 Å². The van der Waals surface area contributed by atoms with Gasteiger partial charge in [0.25, 0.3) is 5.91 Å². The Morgan fingerprint density at radius 1 is 1.30 bits per heavy atom. The number of rotatable bonds is 6. The van der Waals surface area contributed by atoms with E-state index in [1.807, 2.05) is 25.1 Å². The lowest BCUT2D eigenvalue weighted by molar-refractivity contribution is 0.102. The Hall–Kier alpha value is -2.16. The average molecular weight is 469 g/mol. The minimum absolute atomic E-state index is 0.334. The Morgan fingerprint density at radius 2 is 2.07 bits per heavy atom. The highest BCUT2D eigenvalue weighted by Crippen LogP contribution is 2.37. The molecule has 0 radical (unpaired) electrons. The number of amides is 1. The molecule has 1 heterocycles. The lowest BCUT2D eigenvalue weighted by Crippen LogP contribution is -2.12. The summed E-state index contributed by atoms with van der Waals surface area (Å²) in [6, 6.07) is 10.6. The van der Waals surface area contributed by atoms with Crippen molar-refractivity contribution in [2.45, 2.75) is 6.92 Å². The van der Waals surface area contributed by atoms with E-state index in [9.17, 15) is 4.79 Å².